The molecule has 2 heterocycles. The maximum absolute atomic E-state index is 11.7. The van der Waals surface area contributed by atoms with E-state index in [2.05, 4.69) is 6.92 Å². The fourth-order valence-electron chi connectivity index (χ4n) is 3.21. The summed E-state index contributed by atoms with van der Waals surface area (Å²) in [7, 11) is 1.42. The van der Waals surface area contributed by atoms with Gasteiger partial charge in [-0.1, -0.05) is 32.6 Å². The van der Waals surface area contributed by atoms with Crippen LogP contribution in [0.1, 0.15) is 59.3 Å². The van der Waals surface area contributed by atoms with Crippen LogP contribution >= 0.6 is 0 Å². The molecule has 2 rings (SSSR count). The fourth-order valence-corrected chi connectivity index (χ4v) is 3.21. The third-order valence-electron chi connectivity index (χ3n) is 4.27. The van der Waals surface area contributed by atoms with Crippen molar-refractivity contribution in [2.24, 2.45) is 5.92 Å². The normalized spacial score (nSPS) is 33.9. The first kappa shape index (κ1) is 16.7. The summed E-state index contributed by atoms with van der Waals surface area (Å²) in [6.07, 6.45) is 5.53. The monoisotopic (exact) mass is 300 g/mol. The van der Waals surface area contributed by atoms with Gasteiger partial charge in [-0.05, 0) is 20.3 Å². The third-order valence-corrected chi connectivity index (χ3v) is 4.27. The molecule has 5 nitrogen and oxygen atoms in total. The second-order valence-corrected chi connectivity index (χ2v) is 6.44. The number of fused-ring (bicyclic) bond motifs is 1. The van der Waals surface area contributed by atoms with Gasteiger partial charge in [-0.2, -0.15) is 0 Å². The van der Waals surface area contributed by atoms with Crippen LogP contribution in [-0.2, 0) is 23.7 Å². The summed E-state index contributed by atoms with van der Waals surface area (Å²) >= 11 is 0. The van der Waals surface area contributed by atoms with Crippen LogP contribution in [0.4, 0.5) is 0 Å². The number of ether oxygens (including phenoxy) is 4. The Balaban J connectivity index is 1.95. The van der Waals surface area contributed by atoms with Crippen LogP contribution in [-0.4, -0.2) is 37.4 Å². The Labute approximate surface area is 127 Å². The van der Waals surface area contributed by atoms with Crippen molar-refractivity contribution in [2.45, 2.75) is 83.6 Å². The van der Waals surface area contributed by atoms with Crippen LogP contribution in [0.15, 0.2) is 0 Å². The van der Waals surface area contributed by atoms with Crippen LogP contribution in [0, 0.1) is 5.92 Å². The van der Waals surface area contributed by atoms with Gasteiger partial charge in [0.2, 0.25) is 0 Å². The molecule has 0 aliphatic carbocycles. The van der Waals surface area contributed by atoms with Crippen LogP contribution in [0.25, 0.3) is 0 Å². The summed E-state index contributed by atoms with van der Waals surface area (Å²) in [5.74, 6) is -0.835. The van der Waals surface area contributed by atoms with E-state index in [1.165, 1.54) is 26.4 Å². The highest BCUT2D eigenvalue weighted by Gasteiger charge is 2.54. The second-order valence-electron chi connectivity index (χ2n) is 6.44. The summed E-state index contributed by atoms with van der Waals surface area (Å²) < 4.78 is 22.5. The Morgan fingerprint density at radius 2 is 1.95 bits per heavy atom. The quantitative estimate of drug-likeness (QED) is 0.534. The van der Waals surface area contributed by atoms with Gasteiger partial charge in [-0.15, -0.1) is 0 Å². The molecule has 0 spiro atoms. The van der Waals surface area contributed by atoms with E-state index < -0.39 is 5.79 Å². The van der Waals surface area contributed by atoms with Gasteiger partial charge in [0.15, 0.2) is 12.1 Å². The molecule has 0 aromatic carbocycles. The van der Waals surface area contributed by atoms with E-state index in [0.29, 0.717) is 6.42 Å². The maximum atomic E-state index is 11.7. The van der Waals surface area contributed by atoms with Gasteiger partial charge in [0.05, 0.1) is 19.6 Å². The van der Waals surface area contributed by atoms with Crippen molar-refractivity contribution in [1.29, 1.82) is 0 Å². The molecule has 0 saturated carbocycles. The molecule has 0 amide bonds. The van der Waals surface area contributed by atoms with Crippen molar-refractivity contribution in [3.8, 4) is 0 Å². The molecular weight excluding hydrogens is 272 g/mol. The lowest BCUT2D eigenvalue weighted by Gasteiger charge is -2.25. The Bertz CT molecular complexity index is 355. The molecule has 2 fully saturated rings. The van der Waals surface area contributed by atoms with Crippen molar-refractivity contribution >= 4 is 5.97 Å². The molecule has 122 valence electrons. The van der Waals surface area contributed by atoms with Gasteiger partial charge in [0.1, 0.15) is 6.10 Å². The third kappa shape index (κ3) is 4.18. The number of rotatable bonds is 7. The average molecular weight is 300 g/mol. The van der Waals surface area contributed by atoms with Crippen molar-refractivity contribution < 1.29 is 23.7 Å². The molecular formula is C16H28O5. The van der Waals surface area contributed by atoms with E-state index in [9.17, 15) is 4.79 Å². The fraction of sp³-hybridized carbons (Fsp3) is 0.938. The zero-order chi connectivity index (χ0) is 15.5. The molecule has 4 atom stereocenters. The van der Waals surface area contributed by atoms with E-state index in [1.807, 2.05) is 13.8 Å². The molecule has 21 heavy (non-hydrogen) atoms. The molecule has 0 aromatic heterocycles. The number of unbranched alkanes of at least 4 members (excludes halogenated alkanes) is 3. The van der Waals surface area contributed by atoms with Crippen LogP contribution < -0.4 is 0 Å². The SMILES string of the molecule is CCCCCC[C@H]1O[C@@H]2OC(C)(C)O[C@@H]2[C@@H]1CC(=O)OC. The predicted molar refractivity (Wildman–Crippen MR) is 77.6 cm³/mol. The topological polar surface area (TPSA) is 54.0 Å². The Morgan fingerprint density at radius 3 is 2.62 bits per heavy atom. The Hall–Kier alpha value is -0.650. The van der Waals surface area contributed by atoms with Crippen molar-refractivity contribution in [1.82, 2.24) is 0 Å². The number of esters is 1. The lowest BCUT2D eigenvalue weighted by Crippen LogP contribution is -2.32. The molecule has 0 N–H and O–H groups in total. The summed E-state index contributed by atoms with van der Waals surface area (Å²) in [4.78, 5) is 11.7. The molecule has 0 aromatic rings. The first-order valence-corrected chi connectivity index (χ1v) is 8.04. The van der Waals surface area contributed by atoms with Crippen LogP contribution in [0.3, 0.4) is 0 Å². The van der Waals surface area contributed by atoms with Gasteiger partial charge < -0.3 is 18.9 Å². The number of hydrogen-bond donors (Lipinski definition) is 0. The largest absolute Gasteiger partial charge is 0.469 e. The van der Waals surface area contributed by atoms with E-state index in [1.54, 1.807) is 0 Å². The first-order chi connectivity index (χ1) is 9.96. The Kier molecular flexibility index (Phi) is 5.63. The summed E-state index contributed by atoms with van der Waals surface area (Å²) in [5.41, 5.74) is 0. The van der Waals surface area contributed by atoms with Crippen LogP contribution in [0.2, 0.25) is 0 Å². The highest BCUT2D eigenvalue weighted by atomic mass is 16.8. The van der Waals surface area contributed by atoms with Crippen molar-refractivity contribution in [2.75, 3.05) is 7.11 Å². The van der Waals surface area contributed by atoms with Gasteiger partial charge >= 0.3 is 5.97 Å². The van der Waals surface area contributed by atoms with Gasteiger partial charge in [0, 0.05) is 5.92 Å². The molecule has 0 bridgehead atoms. The van der Waals surface area contributed by atoms with E-state index in [4.69, 9.17) is 18.9 Å². The highest BCUT2D eigenvalue weighted by Crippen LogP contribution is 2.43. The number of carbonyl (C=O) groups is 1. The zero-order valence-corrected chi connectivity index (χ0v) is 13.6. The van der Waals surface area contributed by atoms with Gasteiger partial charge in [-0.25, -0.2) is 0 Å². The van der Waals surface area contributed by atoms with Crippen molar-refractivity contribution in [3.63, 3.8) is 0 Å². The summed E-state index contributed by atoms with van der Waals surface area (Å²) in [6, 6.07) is 0. The molecule has 2 aliphatic heterocycles. The minimum atomic E-state index is -0.642. The smallest absolute Gasteiger partial charge is 0.305 e. The van der Waals surface area contributed by atoms with Crippen molar-refractivity contribution in [3.05, 3.63) is 0 Å². The standard InChI is InChI=1S/C16H28O5/c1-5-6-7-8-9-12-11(10-13(17)18-4)14-15(19-12)21-16(2,3)20-14/h11-12,14-15H,5-10H2,1-4H3/t11-,12-,14-,15-/m1/s1. The predicted octanol–water partition coefficient (Wildman–Crippen LogP) is 3.01. The molecule has 0 unspecified atom stereocenters. The Morgan fingerprint density at radius 1 is 1.19 bits per heavy atom. The minimum Gasteiger partial charge on any atom is -0.469 e. The molecule has 2 saturated heterocycles. The summed E-state index contributed by atoms with van der Waals surface area (Å²) in [5, 5.41) is 0. The molecule has 2 aliphatic rings. The second kappa shape index (κ2) is 7.07. The average Bonchev–Trinajstić information content (AvgIpc) is 2.88. The van der Waals surface area contributed by atoms with Gasteiger partial charge in [0.25, 0.3) is 0 Å². The lowest BCUT2D eigenvalue weighted by atomic mass is 9.91. The highest BCUT2D eigenvalue weighted by molar-refractivity contribution is 5.69. The van der Waals surface area contributed by atoms with Crippen LogP contribution in [0.5, 0.6) is 0 Å². The maximum Gasteiger partial charge on any atom is 0.305 e. The minimum absolute atomic E-state index is 0.0193. The number of methoxy groups -OCH3 is 1. The molecule has 0 radical (unpaired) electrons. The van der Waals surface area contributed by atoms with E-state index in [0.717, 1.165) is 12.8 Å². The first-order valence-electron chi connectivity index (χ1n) is 8.04. The zero-order valence-electron chi connectivity index (χ0n) is 13.6. The lowest BCUT2D eigenvalue weighted by molar-refractivity contribution is -0.211. The molecule has 5 heteroatoms. The van der Waals surface area contributed by atoms with Gasteiger partial charge in [-0.3, -0.25) is 4.79 Å². The number of carbonyl (C=O) groups excluding carboxylic acids is 1. The van der Waals surface area contributed by atoms with E-state index >= 15 is 0 Å². The number of hydrogen-bond acceptors (Lipinski definition) is 5. The summed E-state index contributed by atoms with van der Waals surface area (Å²) in [6.45, 7) is 5.94. The van der Waals surface area contributed by atoms with E-state index in [-0.39, 0.29) is 30.4 Å².